The number of hydrogen-bond donors (Lipinski definition) is 1. The van der Waals surface area contributed by atoms with Crippen molar-refractivity contribution < 1.29 is 14.6 Å². The van der Waals surface area contributed by atoms with Crippen LogP contribution in [0.1, 0.15) is 16.1 Å². The van der Waals surface area contributed by atoms with E-state index >= 15 is 0 Å². The van der Waals surface area contributed by atoms with Gasteiger partial charge in [0.2, 0.25) is 0 Å². The van der Waals surface area contributed by atoms with Gasteiger partial charge in [-0.05, 0) is 29.8 Å². The molecule has 2 rings (SSSR count). The first-order chi connectivity index (χ1) is 10.1. The molecule has 0 aliphatic rings. The van der Waals surface area contributed by atoms with E-state index in [2.05, 4.69) is 10.0 Å². The first kappa shape index (κ1) is 16.9. The Morgan fingerprint density at radius 3 is 2.55 bits per heavy atom. The number of aromatic carboxylic acids is 1. The summed E-state index contributed by atoms with van der Waals surface area (Å²) in [6.07, 6.45) is 1.31. The molecule has 2 aromatic rings. The number of methoxy groups -OCH3 is 1. The van der Waals surface area contributed by atoms with Gasteiger partial charge in [0.15, 0.2) is 0 Å². The predicted molar refractivity (Wildman–Crippen MR) is 80.0 cm³/mol. The van der Waals surface area contributed by atoms with E-state index in [1.54, 1.807) is 24.3 Å². The van der Waals surface area contributed by atoms with Gasteiger partial charge in [0, 0.05) is 16.8 Å². The molecule has 0 bridgehead atoms. The van der Waals surface area contributed by atoms with Crippen LogP contribution >= 0.6 is 12.4 Å². The topological polar surface area (TPSA) is 124 Å². The van der Waals surface area contributed by atoms with Crippen LogP contribution in [0, 0.1) is 11.3 Å². The smallest absolute Gasteiger partial charge is 0.353 e. The maximum Gasteiger partial charge on any atom is 0.353 e. The molecule has 0 unspecified atom stereocenters. The van der Waals surface area contributed by atoms with Gasteiger partial charge in [-0.15, -0.1) is 12.4 Å². The lowest BCUT2D eigenvalue weighted by molar-refractivity contribution is 0.0689. The molecular formula is C13H10ClN5O3. The lowest BCUT2D eigenvalue weighted by Crippen LogP contribution is -2.05. The summed E-state index contributed by atoms with van der Waals surface area (Å²) in [5.74, 6) is -0.687. The molecule has 112 valence electrons. The third-order valence-corrected chi connectivity index (χ3v) is 2.80. The number of halogens is 1. The van der Waals surface area contributed by atoms with E-state index in [1.807, 2.05) is 6.07 Å². The Balaban J connectivity index is 0.00000242. The monoisotopic (exact) mass is 319 g/mol. The van der Waals surface area contributed by atoms with Gasteiger partial charge in [-0.25, -0.2) is 4.79 Å². The fourth-order valence-corrected chi connectivity index (χ4v) is 1.88. The molecule has 8 nitrogen and oxygen atoms in total. The summed E-state index contributed by atoms with van der Waals surface area (Å²) in [5.41, 5.74) is 8.54. The number of hydrogen-bond acceptors (Lipinski definition) is 4. The van der Waals surface area contributed by atoms with Crippen molar-refractivity contribution >= 4 is 24.1 Å². The van der Waals surface area contributed by atoms with Gasteiger partial charge < -0.3 is 14.4 Å². The molecule has 0 radical (unpaired) electrons. The molecule has 1 aromatic heterocycles. The molecule has 22 heavy (non-hydrogen) atoms. The molecule has 0 saturated heterocycles. The molecule has 1 heterocycles. The predicted octanol–water partition coefficient (Wildman–Crippen LogP) is 3.42. The Labute approximate surface area is 131 Å². The van der Waals surface area contributed by atoms with Crippen molar-refractivity contribution in [2.75, 3.05) is 7.11 Å². The Hall–Kier alpha value is -3.14. The Morgan fingerprint density at radius 1 is 1.45 bits per heavy atom. The molecule has 0 spiro atoms. The van der Waals surface area contributed by atoms with Crippen molar-refractivity contribution in [2.45, 2.75) is 0 Å². The van der Waals surface area contributed by atoms with Gasteiger partial charge in [-0.2, -0.15) is 5.26 Å². The Morgan fingerprint density at radius 2 is 2.09 bits per heavy atom. The highest BCUT2D eigenvalue weighted by molar-refractivity contribution is 5.94. The quantitative estimate of drug-likeness (QED) is 0.526. The largest absolute Gasteiger partial charge is 0.497 e. The molecule has 0 fully saturated rings. The zero-order valence-electron chi connectivity index (χ0n) is 11.3. The SMILES string of the molecule is COc1ccc(-n2cc(C#N)c(N=[N+]=[N-])c2C(=O)O)cc1.Cl. The van der Waals surface area contributed by atoms with E-state index in [0.717, 1.165) is 0 Å². The van der Waals surface area contributed by atoms with Crippen LogP contribution in [0.4, 0.5) is 5.69 Å². The van der Waals surface area contributed by atoms with Gasteiger partial charge in [0.25, 0.3) is 0 Å². The number of rotatable bonds is 4. The summed E-state index contributed by atoms with van der Waals surface area (Å²) in [7, 11) is 1.51. The summed E-state index contributed by atoms with van der Waals surface area (Å²) in [4.78, 5) is 14.0. The van der Waals surface area contributed by atoms with E-state index in [1.165, 1.54) is 17.9 Å². The number of ether oxygens (including phenoxy) is 1. The van der Waals surface area contributed by atoms with E-state index in [4.69, 9.17) is 15.5 Å². The second kappa shape index (κ2) is 7.04. The zero-order chi connectivity index (χ0) is 15.4. The second-order valence-electron chi connectivity index (χ2n) is 3.91. The fourth-order valence-electron chi connectivity index (χ4n) is 1.88. The third kappa shape index (κ3) is 2.96. The van der Waals surface area contributed by atoms with Crippen LogP contribution in [0.25, 0.3) is 16.1 Å². The molecule has 1 N–H and O–H groups in total. The van der Waals surface area contributed by atoms with Crippen molar-refractivity contribution in [2.24, 2.45) is 5.11 Å². The van der Waals surface area contributed by atoms with Crippen LogP contribution in [0.15, 0.2) is 35.6 Å². The van der Waals surface area contributed by atoms with Gasteiger partial charge in [0.05, 0.1) is 18.4 Å². The van der Waals surface area contributed by atoms with Crippen molar-refractivity contribution in [1.29, 1.82) is 5.26 Å². The highest BCUT2D eigenvalue weighted by Gasteiger charge is 2.21. The number of carboxylic acid groups (broad SMARTS) is 1. The average Bonchev–Trinajstić information content (AvgIpc) is 2.86. The minimum Gasteiger partial charge on any atom is -0.497 e. The van der Waals surface area contributed by atoms with E-state index in [0.29, 0.717) is 11.4 Å². The summed E-state index contributed by atoms with van der Waals surface area (Å²) in [6.45, 7) is 0. The average molecular weight is 320 g/mol. The number of carboxylic acids is 1. The molecular weight excluding hydrogens is 310 g/mol. The second-order valence-corrected chi connectivity index (χ2v) is 3.91. The van der Waals surface area contributed by atoms with Crippen molar-refractivity contribution in [3.8, 4) is 17.5 Å². The van der Waals surface area contributed by atoms with E-state index in [9.17, 15) is 9.90 Å². The standard InChI is InChI=1S/C13H9N5O3.ClH/c1-21-10-4-2-9(3-5-10)18-7-8(6-14)11(16-17-15)12(18)13(19)20;/h2-5,7H,1H3,(H,19,20);1H. The van der Waals surface area contributed by atoms with Gasteiger partial charge in [-0.1, -0.05) is 5.11 Å². The van der Waals surface area contributed by atoms with Gasteiger partial charge >= 0.3 is 5.97 Å². The number of nitrogens with zero attached hydrogens (tertiary/aromatic N) is 5. The van der Waals surface area contributed by atoms with Gasteiger partial charge in [-0.3, -0.25) is 0 Å². The molecule has 0 amide bonds. The minimum atomic E-state index is -1.30. The number of aromatic nitrogens is 1. The van der Waals surface area contributed by atoms with Crippen LogP contribution in [-0.2, 0) is 0 Å². The fraction of sp³-hybridized carbons (Fsp3) is 0.0769. The molecule has 0 saturated carbocycles. The first-order valence-corrected chi connectivity index (χ1v) is 5.70. The molecule has 0 atom stereocenters. The molecule has 0 aliphatic heterocycles. The first-order valence-electron chi connectivity index (χ1n) is 5.70. The molecule has 1 aromatic carbocycles. The van der Waals surface area contributed by atoms with Crippen molar-refractivity contribution in [1.82, 2.24) is 4.57 Å². The summed E-state index contributed by atoms with van der Waals surface area (Å²) < 4.78 is 6.31. The van der Waals surface area contributed by atoms with Crippen molar-refractivity contribution in [3.05, 3.63) is 52.2 Å². The number of benzene rings is 1. The third-order valence-electron chi connectivity index (χ3n) is 2.80. The van der Waals surface area contributed by atoms with E-state index in [-0.39, 0.29) is 29.4 Å². The normalized spacial score (nSPS) is 9.09. The number of carbonyl (C=O) groups is 1. The lowest BCUT2D eigenvalue weighted by atomic mass is 10.2. The van der Waals surface area contributed by atoms with Crippen LogP contribution in [-0.4, -0.2) is 22.8 Å². The van der Waals surface area contributed by atoms with E-state index < -0.39 is 5.97 Å². The molecule has 9 heteroatoms. The molecule has 0 aliphatic carbocycles. The highest BCUT2D eigenvalue weighted by Crippen LogP contribution is 2.30. The maximum atomic E-state index is 11.4. The summed E-state index contributed by atoms with van der Waals surface area (Å²) >= 11 is 0. The number of nitriles is 1. The summed E-state index contributed by atoms with van der Waals surface area (Å²) in [5, 5.41) is 21.7. The Bertz CT molecular complexity index is 785. The maximum absolute atomic E-state index is 11.4. The van der Waals surface area contributed by atoms with Crippen LogP contribution in [0.2, 0.25) is 0 Å². The van der Waals surface area contributed by atoms with Crippen LogP contribution in [0.3, 0.4) is 0 Å². The minimum absolute atomic E-state index is 0. The Kier molecular flexibility index (Phi) is 5.41. The zero-order valence-corrected chi connectivity index (χ0v) is 12.1. The van der Waals surface area contributed by atoms with Crippen LogP contribution in [0.5, 0.6) is 5.75 Å². The highest BCUT2D eigenvalue weighted by atomic mass is 35.5. The summed E-state index contributed by atoms with van der Waals surface area (Å²) in [6, 6.07) is 8.38. The van der Waals surface area contributed by atoms with Crippen molar-refractivity contribution in [3.63, 3.8) is 0 Å². The number of azide groups is 1. The van der Waals surface area contributed by atoms with Crippen LogP contribution < -0.4 is 4.74 Å². The van der Waals surface area contributed by atoms with Gasteiger partial charge in [0.1, 0.15) is 17.5 Å². The lowest BCUT2D eigenvalue weighted by Gasteiger charge is -2.07.